The average molecular weight is 467 g/mol. The summed E-state index contributed by atoms with van der Waals surface area (Å²) in [6.07, 6.45) is 3.05. The first kappa shape index (κ1) is 20.9. The predicted octanol–water partition coefficient (Wildman–Crippen LogP) is 1.21. The third kappa shape index (κ3) is 3.84. The summed E-state index contributed by atoms with van der Waals surface area (Å²) in [5, 5.41) is 24.9. The highest BCUT2D eigenvalue weighted by molar-refractivity contribution is 8.01. The number of carboxylic acids is 1. The molecule has 0 bridgehead atoms. The van der Waals surface area contributed by atoms with Crippen LogP contribution in [0.4, 0.5) is 0 Å². The molecule has 0 unspecified atom stereocenters. The van der Waals surface area contributed by atoms with Gasteiger partial charge in [-0.25, -0.2) is 4.79 Å². The number of aliphatic carboxylic acids is 1. The van der Waals surface area contributed by atoms with Gasteiger partial charge in [0.2, 0.25) is 0 Å². The number of β-lactam (4-membered cyclic amide) rings is 1. The number of carboxylic acid groups (broad SMARTS) is 1. The van der Waals surface area contributed by atoms with E-state index in [1.54, 1.807) is 10.9 Å². The minimum absolute atomic E-state index is 0.00166. The lowest BCUT2D eigenvalue weighted by Gasteiger charge is -2.49. The van der Waals surface area contributed by atoms with Gasteiger partial charge in [-0.1, -0.05) is 23.1 Å². The van der Waals surface area contributed by atoms with Gasteiger partial charge in [0, 0.05) is 24.2 Å². The molecule has 158 valence electrons. The fourth-order valence-corrected chi connectivity index (χ4v) is 6.46. The Morgan fingerprint density at radius 1 is 1.40 bits per heavy atom. The van der Waals surface area contributed by atoms with Crippen molar-refractivity contribution in [2.45, 2.75) is 36.1 Å². The second kappa shape index (κ2) is 8.40. The molecule has 2 N–H and O–H groups in total. The summed E-state index contributed by atoms with van der Waals surface area (Å²) in [5.74, 6) is -1.10. The Kier molecular flexibility index (Phi) is 5.84. The lowest BCUT2D eigenvalue weighted by Crippen LogP contribution is -2.70. The van der Waals surface area contributed by atoms with E-state index in [-0.39, 0.29) is 5.70 Å². The van der Waals surface area contributed by atoms with Crippen LogP contribution in [0.5, 0.6) is 0 Å². The standard InChI is InChI=1S/C17H18N6O4S3/c1-3-22-5-9(4-18-22)13(24)19-11-14(25)23-12(16(26)27)10(6-28-15(11)23)7-29-17-21-20-8(2)30-17/h4-5,11,15H,3,6-7H2,1-2H3,(H,19,24)(H,26,27)/t11-,15+/m1/s1. The van der Waals surface area contributed by atoms with Gasteiger partial charge in [-0.2, -0.15) is 5.10 Å². The number of rotatable bonds is 7. The van der Waals surface area contributed by atoms with Crippen LogP contribution in [0.25, 0.3) is 0 Å². The lowest BCUT2D eigenvalue weighted by atomic mass is 10.0. The lowest BCUT2D eigenvalue weighted by molar-refractivity contribution is -0.148. The molecule has 10 nitrogen and oxygen atoms in total. The first-order valence-electron chi connectivity index (χ1n) is 9.05. The molecule has 0 aromatic carbocycles. The predicted molar refractivity (Wildman–Crippen MR) is 112 cm³/mol. The van der Waals surface area contributed by atoms with Crippen LogP contribution in [-0.2, 0) is 16.1 Å². The summed E-state index contributed by atoms with van der Waals surface area (Å²) < 4.78 is 2.37. The maximum absolute atomic E-state index is 12.7. The fraction of sp³-hybridized carbons (Fsp3) is 0.412. The van der Waals surface area contributed by atoms with Gasteiger partial charge in [0.1, 0.15) is 22.1 Å². The van der Waals surface area contributed by atoms with Gasteiger partial charge in [-0.15, -0.1) is 22.0 Å². The second-order valence-corrected chi connectivity index (χ2v) is 10.1. The Morgan fingerprint density at radius 2 is 2.20 bits per heavy atom. The smallest absolute Gasteiger partial charge is 0.352 e. The summed E-state index contributed by atoms with van der Waals surface area (Å²) >= 11 is 4.29. The Labute approximate surface area is 184 Å². The SMILES string of the molecule is CCn1cc(C(=O)N[C@@H]2C(=O)N3C(C(=O)O)=C(CSc4nnc(C)s4)CS[C@@H]23)cn1. The number of hydrogen-bond acceptors (Lipinski definition) is 9. The number of aromatic nitrogens is 4. The molecule has 2 amide bonds. The van der Waals surface area contributed by atoms with E-state index in [4.69, 9.17) is 0 Å². The van der Waals surface area contributed by atoms with Crippen LogP contribution >= 0.6 is 34.9 Å². The molecule has 2 aromatic heterocycles. The summed E-state index contributed by atoms with van der Waals surface area (Å²) in [6.45, 7) is 4.39. The zero-order valence-electron chi connectivity index (χ0n) is 16.1. The fourth-order valence-electron chi connectivity index (χ4n) is 3.16. The summed E-state index contributed by atoms with van der Waals surface area (Å²) in [4.78, 5) is 38.3. The molecule has 0 aliphatic carbocycles. The van der Waals surface area contributed by atoms with Crippen molar-refractivity contribution in [3.8, 4) is 0 Å². The molecule has 1 saturated heterocycles. The third-order valence-electron chi connectivity index (χ3n) is 4.63. The molecule has 2 atom stereocenters. The highest BCUT2D eigenvalue weighted by Crippen LogP contribution is 2.41. The summed E-state index contributed by atoms with van der Waals surface area (Å²) in [5.41, 5.74) is 1.02. The molecule has 2 aliphatic rings. The van der Waals surface area contributed by atoms with Crippen LogP contribution in [0.15, 0.2) is 28.0 Å². The van der Waals surface area contributed by atoms with E-state index in [2.05, 4.69) is 20.6 Å². The molecule has 2 aromatic rings. The summed E-state index contributed by atoms with van der Waals surface area (Å²) in [6, 6.07) is -0.762. The van der Waals surface area contributed by atoms with Gasteiger partial charge in [-0.3, -0.25) is 19.2 Å². The second-order valence-electron chi connectivity index (χ2n) is 6.58. The Bertz CT molecular complexity index is 1050. The van der Waals surface area contributed by atoms with Crippen molar-refractivity contribution in [1.82, 2.24) is 30.2 Å². The zero-order chi connectivity index (χ0) is 21.4. The molecule has 1 fully saturated rings. The molecule has 4 heterocycles. The van der Waals surface area contributed by atoms with Crippen LogP contribution in [0, 0.1) is 6.92 Å². The van der Waals surface area contributed by atoms with E-state index < -0.39 is 29.2 Å². The van der Waals surface area contributed by atoms with Crippen LogP contribution in [0.1, 0.15) is 22.3 Å². The van der Waals surface area contributed by atoms with Gasteiger partial charge in [0.05, 0.1) is 11.8 Å². The number of amides is 2. The first-order valence-corrected chi connectivity index (χ1v) is 11.9. The van der Waals surface area contributed by atoms with Crippen molar-refractivity contribution >= 4 is 52.6 Å². The first-order chi connectivity index (χ1) is 14.4. The van der Waals surface area contributed by atoms with E-state index in [9.17, 15) is 19.5 Å². The quantitative estimate of drug-likeness (QED) is 0.457. The number of hydrogen-bond donors (Lipinski definition) is 2. The molecular formula is C17H18N6O4S3. The van der Waals surface area contributed by atoms with E-state index in [1.165, 1.54) is 46.0 Å². The number of carbonyl (C=O) groups is 3. The number of fused-ring (bicyclic) bond motifs is 1. The maximum atomic E-state index is 12.7. The van der Waals surface area contributed by atoms with Crippen molar-refractivity contribution in [3.63, 3.8) is 0 Å². The number of carbonyl (C=O) groups excluding carboxylic acids is 2. The van der Waals surface area contributed by atoms with Gasteiger partial charge in [0.15, 0.2) is 4.34 Å². The molecule has 13 heteroatoms. The highest BCUT2D eigenvalue weighted by Gasteiger charge is 2.54. The van der Waals surface area contributed by atoms with E-state index in [1.807, 2.05) is 13.8 Å². The molecule has 2 aliphatic heterocycles. The van der Waals surface area contributed by atoms with Crippen molar-refractivity contribution in [2.24, 2.45) is 0 Å². The van der Waals surface area contributed by atoms with Crippen LogP contribution < -0.4 is 5.32 Å². The molecule has 30 heavy (non-hydrogen) atoms. The van der Waals surface area contributed by atoms with Gasteiger partial charge >= 0.3 is 5.97 Å². The number of aryl methyl sites for hydroxylation is 2. The summed E-state index contributed by atoms with van der Waals surface area (Å²) in [7, 11) is 0. The van der Waals surface area contributed by atoms with E-state index >= 15 is 0 Å². The van der Waals surface area contributed by atoms with E-state index in [0.29, 0.717) is 29.2 Å². The minimum atomic E-state index is -1.15. The van der Waals surface area contributed by atoms with Gasteiger partial charge in [-0.05, 0) is 19.4 Å². The Hall–Kier alpha value is -2.38. The molecule has 0 spiro atoms. The monoisotopic (exact) mass is 466 g/mol. The number of nitrogens with one attached hydrogen (secondary N) is 1. The van der Waals surface area contributed by atoms with Crippen LogP contribution in [0.2, 0.25) is 0 Å². The van der Waals surface area contributed by atoms with Gasteiger partial charge < -0.3 is 10.4 Å². The maximum Gasteiger partial charge on any atom is 0.352 e. The largest absolute Gasteiger partial charge is 0.477 e. The highest BCUT2D eigenvalue weighted by atomic mass is 32.2. The van der Waals surface area contributed by atoms with Crippen molar-refractivity contribution in [3.05, 3.63) is 34.2 Å². The Morgan fingerprint density at radius 3 is 2.83 bits per heavy atom. The third-order valence-corrected chi connectivity index (χ3v) is 8.03. The number of thioether (sulfide) groups is 2. The van der Waals surface area contributed by atoms with Crippen molar-refractivity contribution in [2.75, 3.05) is 11.5 Å². The molecule has 0 radical (unpaired) electrons. The van der Waals surface area contributed by atoms with E-state index in [0.717, 1.165) is 9.35 Å². The van der Waals surface area contributed by atoms with Gasteiger partial charge in [0.25, 0.3) is 11.8 Å². The zero-order valence-corrected chi connectivity index (χ0v) is 18.5. The van der Waals surface area contributed by atoms with Crippen molar-refractivity contribution in [1.29, 1.82) is 0 Å². The topological polar surface area (TPSA) is 130 Å². The van der Waals surface area contributed by atoms with Crippen molar-refractivity contribution < 1.29 is 19.5 Å². The Balaban J connectivity index is 1.47. The van der Waals surface area contributed by atoms with Crippen LogP contribution in [0.3, 0.4) is 0 Å². The number of nitrogens with zero attached hydrogens (tertiary/aromatic N) is 5. The molecular weight excluding hydrogens is 448 g/mol. The van der Waals surface area contributed by atoms with Crippen LogP contribution in [-0.4, -0.2) is 70.7 Å². The molecule has 0 saturated carbocycles. The average Bonchev–Trinajstić information content (AvgIpc) is 3.38. The minimum Gasteiger partial charge on any atom is -0.477 e. The molecule has 4 rings (SSSR count). The normalized spacial score (nSPS) is 20.7.